The first-order valence-corrected chi connectivity index (χ1v) is 41.3. The summed E-state index contributed by atoms with van der Waals surface area (Å²) >= 11 is 0. The van der Waals surface area contributed by atoms with Gasteiger partial charge in [-0.25, -0.2) is 9.13 Å². The molecular formula is C85H132O17P2. The third-order valence-corrected chi connectivity index (χ3v) is 16.7. The molecule has 0 aromatic carbocycles. The van der Waals surface area contributed by atoms with Crippen molar-refractivity contribution in [2.45, 2.75) is 264 Å². The minimum atomic E-state index is -5.02. The summed E-state index contributed by atoms with van der Waals surface area (Å²) in [5.41, 5.74) is 0. The highest BCUT2D eigenvalue weighted by Gasteiger charge is 2.30. The molecule has 0 aliphatic heterocycles. The first-order valence-electron chi connectivity index (χ1n) is 38.3. The molecule has 17 nitrogen and oxygen atoms in total. The number of allylic oxidation sites excluding steroid dienone is 33. The molecule has 0 heterocycles. The number of ether oxygens (including phenoxy) is 4. The molecule has 0 rings (SSSR count). The number of aliphatic hydroxyl groups excluding tert-OH is 1. The van der Waals surface area contributed by atoms with Crippen LogP contribution in [-0.4, -0.2) is 96.7 Å². The third kappa shape index (κ3) is 73.9. The zero-order valence-corrected chi connectivity index (χ0v) is 65.4. The topological polar surface area (TPSA) is 237 Å². The molecule has 0 amide bonds. The van der Waals surface area contributed by atoms with E-state index in [1.807, 2.05) is 36.5 Å². The fourth-order valence-corrected chi connectivity index (χ4v) is 10.7. The Morgan fingerprint density at radius 3 is 0.856 bits per heavy atom. The van der Waals surface area contributed by atoms with E-state index in [1.54, 1.807) is 6.08 Å². The van der Waals surface area contributed by atoms with Gasteiger partial charge in [-0.05, 0) is 161 Å². The van der Waals surface area contributed by atoms with Gasteiger partial charge in [0.1, 0.15) is 19.3 Å². The Hall–Kier alpha value is -6.36. The van der Waals surface area contributed by atoms with Crippen LogP contribution in [0.2, 0.25) is 0 Å². The quantitative estimate of drug-likeness (QED) is 0.0169. The zero-order valence-electron chi connectivity index (χ0n) is 63.6. The molecular weight excluding hydrogens is 1350 g/mol. The maximum Gasteiger partial charge on any atom is 0.472 e. The van der Waals surface area contributed by atoms with Gasteiger partial charge >= 0.3 is 39.5 Å². The van der Waals surface area contributed by atoms with Crippen LogP contribution in [-0.2, 0) is 65.4 Å². The lowest BCUT2D eigenvalue weighted by atomic mass is 10.1. The summed E-state index contributed by atoms with van der Waals surface area (Å²) in [6.07, 6.45) is 92.9. The Labute approximate surface area is 627 Å². The highest BCUT2D eigenvalue weighted by molar-refractivity contribution is 7.47. The van der Waals surface area contributed by atoms with E-state index < -0.39 is 97.5 Å². The molecule has 5 unspecified atom stereocenters. The minimum absolute atomic E-state index is 0.0131. The van der Waals surface area contributed by atoms with E-state index in [9.17, 15) is 43.2 Å². The van der Waals surface area contributed by atoms with Crippen LogP contribution >= 0.6 is 15.6 Å². The van der Waals surface area contributed by atoms with E-state index in [-0.39, 0.29) is 25.7 Å². The molecule has 0 aromatic rings. The van der Waals surface area contributed by atoms with Crippen LogP contribution in [0, 0.1) is 0 Å². The van der Waals surface area contributed by atoms with Crippen molar-refractivity contribution in [2.24, 2.45) is 0 Å². The summed E-state index contributed by atoms with van der Waals surface area (Å²) in [5, 5.41) is 10.6. The first-order chi connectivity index (χ1) is 50.7. The van der Waals surface area contributed by atoms with Gasteiger partial charge in [-0.2, -0.15) is 0 Å². The van der Waals surface area contributed by atoms with Crippen LogP contribution in [0.4, 0.5) is 0 Å². The molecule has 104 heavy (non-hydrogen) atoms. The van der Waals surface area contributed by atoms with Crippen molar-refractivity contribution in [2.75, 3.05) is 39.6 Å². The molecule has 3 N–H and O–H groups in total. The highest BCUT2D eigenvalue weighted by Crippen LogP contribution is 2.45. The Kier molecular flexibility index (Phi) is 70.3. The van der Waals surface area contributed by atoms with Gasteiger partial charge in [0.15, 0.2) is 12.2 Å². The molecule has 0 saturated carbocycles. The van der Waals surface area contributed by atoms with Gasteiger partial charge in [0.2, 0.25) is 0 Å². The molecule has 0 saturated heterocycles. The Balaban J connectivity index is 5.55. The second-order valence-corrected chi connectivity index (χ2v) is 27.3. The predicted octanol–water partition coefficient (Wildman–Crippen LogP) is 22.3. The van der Waals surface area contributed by atoms with E-state index in [2.05, 4.69) is 192 Å². The average Bonchev–Trinajstić information content (AvgIpc) is 0.926. The largest absolute Gasteiger partial charge is 0.472 e. The number of unbranched alkanes of at least 4 members (excludes halogenated alkanes) is 10. The molecule has 5 atom stereocenters. The van der Waals surface area contributed by atoms with Gasteiger partial charge in [-0.3, -0.25) is 37.3 Å². The second kappa shape index (κ2) is 74.9. The Morgan fingerprint density at radius 2 is 0.519 bits per heavy atom. The number of hydrogen-bond donors (Lipinski definition) is 3. The van der Waals surface area contributed by atoms with Crippen molar-refractivity contribution in [1.82, 2.24) is 0 Å². The lowest BCUT2D eigenvalue weighted by Crippen LogP contribution is -2.30. The van der Waals surface area contributed by atoms with Crippen molar-refractivity contribution in [3.8, 4) is 0 Å². The van der Waals surface area contributed by atoms with E-state index in [0.717, 1.165) is 154 Å². The number of phosphoric ester groups is 2. The normalized spacial score (nSPS) is 15.0. The third-order valence-electron chi connectivity index (χ3n) is 14.8. The summed E-state index contributed by atoms with van der Waals surface area (Å²) in [6, 6.07) is 0. The lowest BCUT2D eigenvalue weighted by Gasteiger charge is -2.21. The van der Waals surface area contributed by atoms with Gasteiger partial charge in [-0.1, -0.05) is 266 Å². The molecule has 19 heteroatoms. The monoisotopic (exact) mass is 1490 g/mol. The van der Waals surface area contributed by atoms with Crippen molar-refractivity contribution >= 4 is 39.5 Å². The SMILES string of the molecule is CC/C=C\C/C=C\C/C=C\C/C=C\C/C=C\CCCC(=O)OCC(COP(=O)(O)OCC(O)COP(=O)(O)OCC(COC(=O)C/C=C\C/C=C\C/C=C\C/C=C\C/C=C\CC)OC(=O)CCCC/C=C\C/C=C\C/C=C\C/C=C\CC)OC(=O)CCCCCCCCC/C=C\C/C=C\C/C=C\CC. The summed E-state index contributed by atoms with van der Waals surface area (Å²) in [7, 11) is -10.0. The van der Waals surface area contributed by atoms with Crippen LogP contribution in [0.3, 0.4) is 0 Å². The number of hydrogen-bond acceptors (Lipinski definition) is 15. The Morgan fingerprint density at radius 1 is 0.279 bits per heavy atom. The molecule has 584 valence electrons. The number of aliphatic hydroxyl groups is 1. The molecule has 0 bridgehead atoms. The number of carbonyl (C=O) groups is 4. The van der Waals surface area contributed by atoms with E-state index >= 15 is 0 Å². The van der Waals surface area contributed by atoms with Crippen LogP contribution in [0.1, 0.15) is 246 Å². The van der Waals surface area contributed by atoms with Gasteiger partial charge in [0, 0.05) is 19.3 Å². The number of carbonyl (C=O) groups excluding carboxylic acids is 4. The summed E-state index contributed by atoms with van der Waals surface area (Å²) in [4.78, 5) is 72.9. The average molecular weight is 1490 g/mol. The standard InChI is InChI=1S/C85H132O17P2/c1-5-9-13-17-21-25-29-33-37-39-43-46-50-54-58-62-66-70-83(88)96-76-81(102-85(90)72-68-64-60-56-52-48-44-40-38-34-30-26-22-18-14-10-6-2)78-100-104(93,94)98-74-79(86)73-97-103(91,92)99-77-80(101-84(89)71-67-63-59-55-51-47-42-36-32-28-24-20-16-12-8-4)75-95-82(87)69-65-61-57-53-49-45-41-35-31-27-23-19-15-11-7-3/h9-16,21-28,33-38,41-43,46,49,51,53-55,58,61,65,79-81,86H,5-8,17-20,29-32,39-40,44-45,47-48,50,52,56-57,59-60,62-64,66-78H2,1-4H3,(H,91,92)(H,93,94)/b13-9-,14-10-,15-11-,16-12-,25-21-,26-22-,27-23-,28-24-,37-33-,38-34-,41-35-,42-36-,46-43-,53-49-,55-51-,58-54-,65-61-. The Bertz CT molecular complexity index is 2790. The molecule has 0 aliphatic rings. The molecule has 0 fully saturated rings. The summed E-state index contributed by atoms with van der Waals surface area (Å²) < 4.78 is 68.3. The van der Waals surface area contributed by atoms with Gasteiger partial charge in [0.25, 0.3) is 0 Å². The van der Waals surface area contributed by atoms with Crippen molar-refractivity contribution in [1.29, 1.82) is 0 Å². The van der Waals surface area contributed by atoms with Crippen LogP contribution in [0.15, 0.2) is 207 Å². The van der Waals surface area contributed by atoms with Gasteiger partial charge in [0.05, 0.1) is 32.8 Å². The first kappa shape index (κ1) is 97.6. The molecule has 0 radical (unpaired) electrons. The lowest BCUT2D eigenvalue weighted by molar-refractivity contribution is -0.161. The van der Waals surface area contributed by atoms with Crippen molar-refractivity contribution in [3.05, 3.63) is 207 Å². The fraction of sp³-hybridized carbons (Fsp3) is 0.553. The van der Waals surface area contributed by atoms with Crippen LogP contribution in [0.25, 0.3) is 0 Å². The molecule has 0 aliphatic carbocycles. The zero-order chi connectivity index (χ0) is 76.0. The smallest absolute Gasteiger partial charge is 0.462 e. The highest BCUT2D eigenvalue weighted by atomic mass is 31.2. The second-order valence-electron chi connectivity index (χ2n) is 24.4. The summed E-state index contributed by atoms with van der Waals surface area (Å²) in [6.45, 7) is 4.13. The minimum Gasteiger partial charge on any atom is -0.462 e. The predicted molar refractivity (Wildman–Crippen MR) is 426 cm³/mol. The van der Waals surface area contributed by atoms with Gasteiger partial charge < -0.3 is 33.8 Å². The summed E-state index contributed by atoms with van der Waals surface area (Å²) in [5.74, 6) is -2.48. The number of phosphoric acid groups is 2. The van der Waals surface area contributed by atoms with Gasteiger partial charge in [-0.15, -0.1) is 0 Å². The van der Waals surface area contributed by atoms with E-state index in [0.29, 0.717) is 38.5 Å². The molecule has 0 spiro atoms. The van der Waals surface area contributed by atoms with Crippen LogP contribution in [0.5, 0.6) is 0 Å². The van der Waals surface area contributed by atoms with Crippen molar-refractivity contribution < 1.29 is 80.2 Å². The van der Waals surface area contributed by atoms with Crippen molar-refractivity contribution in [3.63, 3.8) is 0 Å². The number of esters is 4. The maximum absolute atomic E-state index is 13.1. The molecule has 0 aromatic heterocycles. The van der Waals surface area contributed by atoms with E-state index in [1.165, 1.54) is 0 Å². The fourth-order valence-electron chi connectivity index (χ4n) is 9.10. The van der Waals surface area contributed by atoms with Crippen LogP contribution < -0.4 is 0 Å². The number of rotatable bonds is 69. The maximum atomic E-state index is 13.1. The van der Waals surface area contributed by atoms with E-state index in [4.69, 9.17) is 37.0 Å².